The minimum Gasteiger partial charge on any atom is -0.331 e. The lowest BCUT2D eigenvalue weighted by molar-refractivity contribution is -0.870. The molecule has 0 heterocycles. The van der Waals surface area contributed by atoms with Gasteiger partial charge in [-0.3, -0.25) is 0 Å². The van der Waals surface area contributed by atoms with E-state index in [1.807, 2.05) is 0 Å². The second kappa shape index (κ2) is 15.1. The van der Waals surface area contributed by atoms with E-state index in [-0.39, 0.29) is 0 Å². The van der Waals surface area contributed by atoms with Crippen LogP contribution >= 0.6 is 0 Å². The molecule has 2 heteroatoms. The Morgan fingerprint density at radius 3 is 1.05 bits per heavy atom. The van der Waals surface area contributed by atoms with Crippen LogP contribution in [0.5, 0.6) is 0 Å². The van der Waals surface area contributed by atoms with Crippen molar-refractivity contribution in [2.45, 2.75) is 95.9 Å². The van der Waals surface area contributed by atoms with Gasteiger partial charge in [0.25, 0.3) is 0 Å². The summed E-state index contributed by atoms with van der Waals surface area (Å²) in [5.74, 6) is 0. The van der Waals surface area contributed by atoms with Crippen molar-refractivity contribution in [3.8, 4) is 0 Å². The fourth-order valence-electron chi connectivity index (χ4n) is 2.96. The van der Waals surface area contributed by atoms with E-state index in [1.165, 1.54) is 113 Å². The van der Waals surface area contributed by atoms with Crippen LogP contribution in [0.1, 0.15) is 89.9 Å². The summed E-state index contributed by atoms with van der Waals surface area (Å²) >= 11 is 0. The van der Waals surface area contributed by atoms with Crippen LogP contribution in [0.2, 0.25) is 6.04 Å². The van der Waals surface area contributed by atoms with Crippen LogP contribution in [0.4, 0.5) is 0 Å². The first-order valence-electron chi connectivity index (χ1n) is 9.86. The summed E-state index contributed by atoms with van der Waals surface area (Å²) in [5, 5.41) is 0. The van der Waals surface area contributed by atoms with Crippen molar-refractivity contribution in [2.24, 2.45) is 0 Å². The van der Waals surface area contributed by atoms with Crippen LogP contribution in [0.15, 0.2) is 0 Å². The molecule has 0 radical (unpaired) electrons. The van der Waals surface area contributed by atoms with Crippen LogP contribution in [0, 0.1) is 0 Å². The topological polar surface area (TPSA) is 0 Å². The lowest BCUT2D eigenvalue weighted by atomic mass is 10.0. The Balaban J connectivity index is 3.00. The van der Waals surface area contributed by atoms with Crippen LogP contribution in [0.3, 0.4) is 0 Å². The van der Waals surface area contributed by atoms with Gasteiger partial charge in [-0.25, -0.2) is 0 Å². The van der Waals surface area contributed by atoms with Gasteiger partial charge in [0.05, 0.1) is 27.7 Å². The molecular formula is C19H44NSi+. The SMILES string of the molecule is C[N+](C)(C)CCCCCCCCCCCCCCCC[SiH3]. The monoisotopic (exact) mass is 314 g/mol. The van der Waals surface area contributed by atoms with Crippen molar-refractivity contribution in [3.05, 3.63) is 0 Å². The number of hydrogen-bond acceptors (Lipinski definition) is 0. The van der Waals surface area contributed by atoms with Crippen LogP contribution in [-0.4, -0.2) is 42.4 Å². The first-order chi connectivity index (χ1) is 10.1. The molecule has 0 aromatic carbocycles. The molecule has 0 aliphatic rings. The average molecular weight is 315 g/mol. The zero-order valence-corrected chi connectivity index (χ0v) is 17.8. The molecule has 128 valence electrons. The molecule has 0 N–H and O–H groups in total. The molecule has 0 atom stereocenters. The second-order valence-corrected chi connectivity index (χ2v) is 8.96. The Labute approximate surface area is 138 Å². The largest absolute Gasteiger partial charge is 0.331 e. The van der Waals surface area contributed by atoms with Crippen molar-refractivity contribution in [1.82, 2.24) is 0 Å². The average Bonchev–Trinajstić information content (AvgIpc) is 2.42. The molecular weight excluding hydrogens is 270 g/mol. The smallest absolute Gasteiger partial charge is 0.0780 e. The maximum atomic E-state index is 2.30. The number of unbranched alkanes of at least 4 members (excludes halogenated alkanes) is 13. The summed E-state index contributed by atoms with van der Waals surface area (Å²) in [6.45, 7) is 1.33. The third kappa shape index (κ3) is 20.2. The van der Waals surface area contributed by atoms with Crippen LogP contribution in [-0.2, 0) is 0 Å². The molecule has 0 rings (SSSR count). The zero-order chi connectivity index (χ0) is 15.8. The molecule has 21 heavy (non-hydrogen) atoms. The maximum Gasteiger partial charge on any atom is 0.0780 e. The van der Waals surface area contributed by atoms with Gasteiger partial charge in [0.15, 0.2) is 0 Å². The Morgan fingerprint density at radius 2 is 0.762 bits per heavy atom. The normalized spacial score (nSPS) is 12.1. The van der Waals surface area contributed by atoms with Gasteiger partial charge in [0, 0.05) is 10.2 Å². The lowest BCUT2D eigenvalue weighted by Gasteiger charge is -2.23. The zero-order valence-electron chi connectivity index (χ0n) is 15.8. The highest BCUT2D eigenvalue weighted by Crippen LogP contribution is 2.13. The van der Waals surface area contributed by atoms with Crippen LogP contribution in [0.25, 0.3) is 0 Å². The van der Waals surface area contributed by atoms with E-state index in [4.69, 9.17) is 0 Å². The summed E-state index contributed by atoms with van der Waals surface area (Å²) in [6.07, 6.45) is 20.7. The first kappa shape index (κ1) is 21.2. The van der Waals surface area contributed by atoms with E-state index in [2.05, 4.69) is 21.1 Å². The molecule has 0 unspecified atom stereocenters. The summed E-state index contributed by atoms with van der Waals surface area (Å²) in [5.41, 5.74) is 0. The standard InChI is InChI=1S/C19H44NSi/c1-20(2,3)18-16-14-12-10-8-6-4-5-7-9-11-13-15-17-19-21/h4-19H2,1-3,21H3/q+1. The fraction of sp³-hybridized carbons (Fsp3) is 1.00. The predicted octanol–water partition coefficient (Wildman–Crippen LogP) is 4.94. The van der Waals surface area contributed by atoms with Crippen LogP contribution < -0.4 is 0 Å². The molecule has 0 aromatic heterocycles. The van der Waals surface area contributed by atoms with Crippen molar-refractivity contribution in [2.75, 3.05) is 27.7 Å². The Hall–Kier alpha value is 0.177. The molecule has 0 bridgehead atoms. The van der Waals surface area contributed by atoms with Crippen molar-refractivity contribution in [3.63, 3.8) is 0 Å². The highest BCUT2D eigenvalue weighted by Gasteiger charge is 2.04. The summed E-state index contributed by atoms with van der Waals surface area (Å²) in [4.78, 5) is 0. The summed E-state index contributed by atoms with van der Waals surface area (Å²) in [6, 6.07) is 1.51. The van der Waals surface area contributed by atoms with E-state index < -0.39 is 0 Å². The molecule has 0 saturated heterocycles. The van der Waals surface area contributed by atoms with Gasteiger partial charge in [-0.2, -0.15) is 0 Å². The molecule has 0 fully saturated rings. The van der Waals surface area contributed by atoms with Gasteiger partial charge in [-0.15, -0.1) is 0 Å². The van der Waals surface area contributed by atoms with Gasteiger partial charge < -0.3 is 4.48 Å². The minimum atomic E-state index is 1.13. The van der Waals surface area contributed by atoms with Crippen molar-refractivity contribution >= 4 is 10.2 Å². The Kier molecular flexibility index (Phi) is 15.2. The van der Waals surface area contributed by atoms with Gasteiger partial charge in [0.2, 0.25) is 0 Å². The summed E-state index contributed by atoms with van der Waals surface area (Å²) in [7, 11) is 8.30. The van der Waals surface area contributed by atoms with E-state index in [0.717, 1.165) is 4.48 Å². The van der Waals surface area contributed by atoms with Gasteiger partial charge >= 0.3 is 0 Å². The maximum absolute atomic E-state index is 2.30. The van der Waals surface area contributed by atoms with Gasteiger partial charge in [-0.05, 0) is 12.8 Å². The third-order valence-corrected chi connectivity index (χ3v) is 5.14. The molecule has 0 amide bonds. The van der Waals surface area contributed by atoms with E-state index >= 15 is 0 Å². The highest BCUT2D eigenvalue weighted by molar-refractivity contribution is 6.08. The fourth-order valence-corrected chi connectivity index (χ4v) is 3.46. The highest BCUT2D eigenvalue weighted by atomic mass is 28.1. The third-order valence-electron chi connectivity index (χ3n) is 4.43. The van der Waals surface area contributed by atoms with Gasteiger partial charge in [-0.1, -0.05) is 83.1 Å². The predicted molar refractivity (Wildman–Crippen MR) is 102 cm³/mol. The van der Waals surface area contributed by atoms with Crippen molar-refractivity contribution in [1.29, 1.82) is 0 Å². The number of nitrogens with zero attached hydrogens (tertiary/aromatic N) is 1. The summed E-state index contributed by atoms with van der Waals surface area (Å²) < 4.78 is 1.13. The van der Waals surface area contributed by atoms with E-state index in [0.29, 0.717) is 0 Å². The Bertz CT molecular complexity index is 198. The minimum absolute atomic E-state index is 1.13. The first-order valence-corrected chi connectivity index (χ1v) is 11.3. The molecule has 0 spiro atoms. The molecule has 0 aromatic rings. The molecule has 0 saturated carbocycles. The molecule has 1 nitrogen and oxygen atoms in total. The number of rotatable bonds is 16. The Morgan fingerprint density at radius 1 is 0.476 bits per heavy atom. The number of hydrogen-bond donors (Lipinski definition) is 0. The van der Waals surface area contributed by atoms with E-state index in [1.54, 1.807) is 0 Å². The second-order valence-electron chi connectivity index (χ2n) is 7.96. The van der Waals surface area contributed by atoms with Gasteiger partial charge in [0.1, 0.15) is 0 Å². The van der Waals surface area contributed by atoms with E-state index in [9.17, 15) is 0 Å². The molecule has 0 aliphatic carbocycles. The quantitative estimate of drug-likeness (QED) is 0.215. The molecule has 0 aliphatic heterocycles. The van der Waals surface area contributed by atoms with Crippen molar-refractivity contribution < 1.29 is 4.48 Å². The lowest BCUT2D eigenvalue weighted by Crippen LogP contribution is -2.35. The number of quaternary nitrogens is 1.